The minimum absolute atomic E-state index is 0.184. The summed E-state index contributed by atoms with van der Waals surface area (Å²) in [5.41, 5.74) is 0.531. The largest absolute Gasteiger partial charge is 0.354 e. The summed E-state index contributed by atoms with van der Waals surface area (Å²) in [6.45, 7) is 0. The fourth-order valence-electron chi connectivity index (χ4n) is 2.48. The maximum Gasteiger partial charge on any atom is 0.263 e. The first kappa shape index (κ1) is 13.8. The van der Waals surface area contributed by atoms with Crippen LogP contribution in [0.5, 0.6) is 0 Å². The van der Waals surface area contributed by atoms with Gasteiger partial charge in [-0.05, 0) is 35.0 Å². The first-order valence-electron chi connectivity index (χ1n) is 6.99. The number of para-hydroxylation sites is 1. The number of rotatable bonds is 3. The predicted molar refractivity (Wildman–Crippen MR) is 88.8 cm³/mol. The van der Waals surface area contributed by atoms with E-state index in [0.29, 0.717) is 11.0 Å². The third-order valence-electron chi connectivity index (χ3n) is 3.64. The molecule has 0 aliphatic rings. The Morgan fingerprint density at radius 1 is 0.870 bits per heavy atom. The normalized spacial score (nSPS) is 11.8. The van der Waals surface area contributed by atoms with Crippen molar-refractivity contribution in [1.82, 2.24) is 5.16 Å². The second-order valence-electron chi connectivity index (χ2n) is 5.14. The molecule has 3 aromatic carbocycles. The molecule has 0 amide bonds. The molecule has 114 valence electrons. The highest BCUT2D eigenvalue weighted by atomic mass is 32.2. The van der Waals surface area contributed by atoms with E-state index in [2.05, 4.69) is 9.88 Å². The number of hydrogen-bond donors (Lipinski definition) is 1. The van der Waals surface area contributed by atoms with Gasteiger partial charge < -0.3 is 4.52 Å². The third kappa shape index (κ3) is 2.43. The zero-order chi connectivity index (χ0) is 15.9. The molecule has 0 bridgehead atoms. The Kier molecular flexibility index (Phi) is 3.06. The monoisotopic (exact) mass is 324 g/mol. The zero-order valence-electron chi connectivity index (χ0n) is 11.9. The average molecular weight is 324 g/mol. The first-order valence-corrected chi connectivity index (χ1v) is 8.48. The van der Waals surface area contributed by atoms with Crippen molar-refractivity contribution in [2.75, 3.05) is 4.72 Å². The summed E-state index contributed by atoms with van der Waals surface area (Å²) in [6, 6.07) is 19.7. The zero-order valence-corrected chi connectivity index (χ0v) is 12.7. The van der Waals surface area contributed by atoms with Crippen molar-refractivity contribution in [3.8, 4) is 0 Å². The Hall–Kier alpha value is -2.86. The van der Waals surface area contributed by atoms with E-state index in [1.807, 2.05) is 24.3 Å². The summed E-state index contributed by atoms with van der Waals surface area (Å²) < 4.78 is 32.8. The van der Waals surface area contributed by atoms with Gasteiger partial charge in [0.05, 0.1) is 10.3 Å². The Morgan fingerprint density at radius 2 is 1.61 bits per heavy atom. The molecule has 0 aliphatic carbocycles. The number of nitrogens with one attached hydrogen (secondary N) is 1. The van der Waals surface area contributed by atoms with Gasteiger partial charge in [-0.25, -0.2) is 8.42 Å². The predicted octanol–water partition coefficient (Wildman–Crippen LogP) is 3.78. The van der Waals surface area contributed by atoms with Crippen LogP contribution in [0.3, 0.4) is 0 Å². The summed E-state index contributed by atoms with van der Waals surface area (Å²) in [4.78, 5) is 0.184. The highest BCUT2D eigenvalue weighted by Crippen LogP contribution is 2.26. The summed E-state index contributed by atoms with van der Waals surface area (Å²) in [5, 5.41) is 6.27. The Bertz CT molecular complexity index is 1120. The lowest BCUT2D eigenvalue weighted by molar-refractivity contribution is 0.460. The molecular weight excluding hydrogens is 312 g/mol. The Balaban J connectivity index is 1.77. The van der Waals surface area contributed by atoms with Crippen molar-refractivity contribution >= 4 is 37.6 Å². The number of nitrogens with zero attached hydrogens (tertiary/aromatic N) is 1. The van der Waals surface area contributed by atoms with E-state index in [0.717, 1.165) is 10.8 Å². The van der Waals surface area contributed by atoms with E-state index in [-0.39, 0.29) is 10.7 Å². The van der Waals surface area contributed by atoms with Crippen LogP contribution in [0.25, 0.3) is 21.7 Å². The van der Waals surface area contributed by atoms with Gasteiger partial charge in [0, 0.05) is 0 Å². The molecular formula is C17H12N2O3S. The fourth-order valence-corrected chi connectivity index (χ4v) is 3.53. The highest BCUT2D eigenvalue weighted by Gasteiger charge is 2.18. The minimum atomic E-state index is -3.74. The standard InChI is InChI=1S/C17H12N2O3S/c20-23(21,14-10-9-12-5-1-2-6-13(12)11-14)19-17-15-7-3-4-8-16(15)22-18-17/h1-11H,(H,18,19). The van der Waals surface area contributed by atoms with Crippen LogP contribution in [0.1, 0.15) is 0 Å². The molecule has 6 heteroatoms. The molecule has 5 nitrogen and oxygen atoms in total. The Labute approximate surface area is 132 Å². The molecule has 23 heavy (non-hydrogen) atoms. The minimum Gasteiger partial charge on any atom is -0.354 e. The number of fused-ring (bicyclic) bond motifs is 2. The molecule has 0 aliphatic heterocycles. The SMILES string of the molecule is O=S(=O)(Nc1noc2ccccc12)c1ccc2ccccc2c1. The lowest BCUT2D eigenvalue weighted by atomic mass is 10.1. The molecule has 1 aromatic heterocycles. The van der Waals surface area contributed by atoms with Crippen LogP contribution < -0.4 is 4.72 Å². The van der Waals surface area contributed by atoms with Gasteiger partial charge in [0.1, 0.15) is 0 Å². The van der Waals surface area contributed by atoms with Crippen molar-refractivity contribution in [1.29, 1.82) is 0 Å². The summed E-state index contributed by atoms with van der Waals surface area (Å²) >= 11 is 0. The fraction of sp³-hybridized carbons (Fsp3) is 0. The third-order valence-corrected chi connectivity index (χ3v) is 4.98. The molecule has 0 saturated heterocycles. The van der Waals surface area contributed by atoms with Crippen LogP contribution >= 0.6 is 0 Å². The van der Waals surface area contributed by atoms with Crippen molar-refractivity contribution in [3.63, 3.8) is 0 Å². The molecule has 0 unspecified atom stereocenters. The van der Waals surface area contributed by atoms with Crippen LogP contribution in [0.4, 0.5) is 5.82 Å². The molecule has 0 spiro atoms. The van der Waals surface area contributed by atoms with E-state index < -0.39 is 10.0 Å². The highest BCUT2D eigenvalue weighted by molar-refractivity contribution is 7.92. The molecule has 4 rings (SSSR count). The Morgan fingerprint density at radius 3 is 2.48 bits per heavy atom. The molecule has 0 fully saturated rings. The van der Waals surface area contributed by atoms with Gasteiger partial charge in [0.25, 0.3) is 10.0 Å². The van der Waals surface area contributed by atoms with Crippen molar-refractivity contribution < 1.29 is 12.9 Å². The topological polar surface area (TPSA) is 72.2 Å². The number of sulfonamides is 1. The van der Waals surface area contributed by atoms with E-state index in [1.54, 1.807) is 42.5 Å². The maximum atomic E-state index is 12.6. The van der Waals surface area contributed by atoms with E-state index >= 15 is 0 Å². The molecule has 1 heterocycles. The van der Waals surface area contributed by atoms with Gasteiger partial charge in [-0.1, -0.05) is 47.6 Å². The maximum absolute atomic E-state index is 12.6. The van der Waals surface area contributed by atoms with E-state index in [9.17, 15) is 8.42 Å². The number of benzene rings is 3. The van der Waals surface area contributed by atoms with Crippen LogP contribution in [0.15, 0.2) is 76.1 Å². The molecule has 0 saturated carbocycles. The van der Waals surface area contributed by atoms with Gasteiger partial charge in [-0.3, -0.25) is 4.72 Å². The van der Waals surface area contributed by atoms with Gasteiger partial charge in [0.2, 0.25) is 0 Å². The first-order chi connectivity index (χ1) is 11.1. The second kappa shape index (κ2) is 5.10. The lowest BCUT2D eigenvalue weighted by Crippen LogP contribution is -2.13. The van der Waals surface area contributed by atoms with Crippen LogP contribution in [-0.2, 0) is 10.0 Å². The molecule has 1 N–H and O–H groups in total. The summed E-state index contributed by atoms with van der Waals surface area (Å²) in [5.74, 6) is 0.189. The number of hydrogen-bond acceptors (Lipinski definition) is 4. The summed E-state index contributed by atoms with van der Waals surface area (Å²) in [6.07, 6.45) is 0. The molecule has 4 aromatic rings. The van der Waals surface area contributed by atoms with Gasteiger partial charge in [-0.15, -0.1) is 0 Å². The van der Waals surface area contributed by atoms with E-state index in [1.165, 1.54) is 0 Å². The molecule has 0 atom stereocenters. The molecule has 0 radical (unpaired) electrons. The number of anilines is 1. The average Bonchev–Trinajstić information content (AvgIpc) is 2.97. The van der Waals surface area contributed by atoms with Gasteiger partial charge in [-0.2, -0.15) is 0 Å². The van der Waals surface area contributed by atoms with Crippen LogP contribution in [-0.4, -0.2) is 13.6 Å². The van der Waals surface area contributed by atoms with Gasteiger partial charge in [0.15, 0.2) is 11.4 Å². The number of aromatic nitrogens is 1. The van der Waals surface area contributed by atoms with Gasteiger partial charge >= 0.3 is 0 Å². The smallest absolute Gasteiger partial charge is 0.263 e. The second-order valence-corrected chi connectivity index (χ2v) is 6.82. The quantitative estimate of drug-likeness (QED) is 0.622. The van der Waals surface area contributed by atoms with Crippen molar-refractivity contribution in [2.24, 2.45) is 0 Å². The van der Waals surface area contributed by atoms with Crippen molar-refractivity contribution in [3.05, 3.63) is 66.7 Å². The lowest BCUT2D eigenvalue weighted by Gasteiger charge is -2.06. The summed E-state index contributed by atoms with van der Waals surface area (Å²) in [7, 11) is -3.74. The van der Waals surface area contributed by atoms with E-state index in [4.69, 9.17) is 4.52 Å². The van der Waals surface area contributed by atoms with Crippen molar-refractivity contribution in [2.45, 2.75) is 4.90 Å². The van der Waals surface area contributed by atoms with Crippen LogP contribution in [0, 0.1) is 0 Å². The van der Waals surface area contributed by atoms with Crippen LogP contribution in [0.2, 0.25) is 0 Å².